The maximum atomic E-state index is 11.3. The summed E-state index contributed by atoms with van der Waals surface area (Å²) < 4.78 is 17.7. The van der Waals surface area contributed by atoms with Crippen molar-refractivity contribution in [2.24, 2.45) is 0 Å². The molecular weight excluding hydrogens is 430 g/mol. The largest absolute Gasteiger partial charge is 0.493 e. The molecule has 4 rings (SSSR count). The van der Waals surface area contributed by atoms with Crippen molar-refractivity contribution >= 4 is 5.97 Å². The molecule has 6 heteroatoms. The summed E-state index contributed by atoms with van der Waals surface area (Å²) in [5, 5.41) is 9.25. The quantitative estimate of drug-likeness (QED) is 0.391. The molecule has 1 aliphatic rings. The lowest BCUT2D eigenvalue weighted by Crippen LogP contribution is -2.23. The Kier molecular flexibility index (Phi) is 7.88. The van der Waals surface area contributed by atoms with Crippen LogP contribution in [0.1, 0.15) is 73.4 Å². The van der Waals surface area contributed by atoms with E-state index in [0.29, 0.717) is 31.1 Å². The first-order valence-corrected chi connectivity index (χ1v) is 12.1. The Morgan fingerprint density at radius 3 is 2.65 bits per heavy atom. The molecule has 2 aromatic carbocycles. The number of hydrogen-bond acceptors (Lipinski definition) is 5. The van der Waals surface area contributed by atoms with Crippen molar-refractivity contribution in [3.63, 3.8) is 0 Å². The molecule has 1 aliphatic carbocycles. The summed E-state index contributed by atoms with van der Waals surface area (Å²) in [6.45, 7) is 3.98. The van der Waals surface area contributed by atoms with Gasteiger partial charge in [0.05, 0.1) is 12.3 Å². The first-order valence-electron chi connectivity index (χ1n) is 12.1. The van der Waals surface area contributed by atoms with E-state index in [1.54, 1.807) is 6.07 Å². The Hall–Kier alpha value is -3.28. The minimum atomic E-state index is -0.999. The van der Waals surface area contributed by atoms with Gasteiger partial charge in [0, 0.05) is 24.3 Å². The molecule has 0 amide bonds. The van der Waals surface area contributed by atoms with Crippen LogP contribution in [-0.4, -0.2) is 28.8 Å². The minimum absolute atomic E-state index is 0.448. The van der Waals surface area contributed by atoms with Crippen LogP contribution in [0.25, 0.3) is 0 Å². The lowest BCUT2D eigenvalue weighted by Gasteiger charge is -2.17. The number of carbonyl (C=O) groups is 1. The van der Waals surface area contributed by atoms with Gasteiger partial charge in [0.25, 0.3) is 0 Å². The van der Waals surface area contributed by atoms with E-state index in [9.17, 15) is 9.90 Å². The fourth-order valence-corrected chi connectivity index (χ4v) is 4.43. The molecule has 0 saturated heterocycles. The third kappa shape index (κ3) is 6.19. The molecule has 0 spiro atoms. The number of ether oxygens (including phenoxy) is 2. The number of carboxylic acid groups (broad SMARTS) is 1. The highest BCUT2D eigenvalue weighted by Crippen LogP contribution is 2.33. The molecule has 1 N–H and O–H groups in total. The first-order chi connectivity index (χ1) is 16.5. The lowest BCUT2D eigenvalue weighted by atomic mass is 9.89. The molecule has 0 radical (unpaired) electrons. The number of rotatable bonds is 10. The average Bonchev–Trinajstić information content (AvgIpc) is 3.22. The number of aromatic nitrogens is 1. The van der Waals surface area contributed by atoms with Gasteiger partial charge in [0.1, 0.15) is 17.3 Å². The molecule has 180 valence electrons. The van der Waals surface area contributed by atoms with Crippen molar-refractivity contribution in [2.75, 3.05) is 6.61 Å². The smallest absolute Gasteiger partial charge is 0.344 e. The zero-order valence-electron chi connectivity index (χ0n) is 20.0. The fourth-order valence-electron chi connectivity index (χ4n) is 4.43. The zero-order valence-corrected chi connectivity index (χ0v) is 20.0. The van der Waals surface area contributed by atoms with Crippen LogP contribution in [0.2, 0.25) is 0 Å². The number of nitrogens with zero attached hydrogens (tertiary/aromatic N) is 1. The predicted molar refractivity (Wildman–Crippen MR) is 130 cm³/mol. The molecule has 0 aliphatic heterocycles. The van der Waals surface area contributed by atoms with Gasteiger partial charge in [-0.05, 0) is 50.5 Å². The van der Waals surface area contributed by atoms with E-state index in [4.69, 9.17) is 18.9 Å². The SMILES string of the molecule is Cc1oc(C2CCCCC2)nc1CCOc1ccc(OC(C)C(=O)O)c(Cc2ccccc2)c1. The van der Waals surface area contributed by atoms with Gasteiger partial charge in [-0.15, -0.1) is 0 Å². The highest BCUT2D eigenvalue weighted by atomic mass is 16.5. The third-order valence-electron chi connectivity index (χ3n) is 6.39. The summed E-state index contributed by atoms with van der Waals surface area (Å²) in [6.07, 6.45) is 6.49. The molecule has 3 aromatic rings. The van der Waals surface area contributed by atoms with Crippen LogP contribution in [0, 0.1) is 6.92 Å². The van der Waals surface area contributed by atoms with Crippen molar-refractivity contribution in [3.05, 3.63) is 77.0 Å². The lowest BCUT2D eigenvalue weighted by molar-refractivity contribution is -0.144. The van der Waals surface area contributed by atoms with E-state index in [-0.39, 0.29) is 0 Å². The summed E-state index contributed by atoms with van der Waals surface area (Å²) in [7, 11) is 0. The Balaban J connectivity index is 1.43. The molecule has 0 bridgehead atoms. The van der Waals surface area contributed by atoms with E-state index >= 15 is 0 Å². The average molecular weight is 464 g/mol. The predicted octanol–water partition coefficient (Wildman–Crippen LogP) is 6.09. The van der Waals surface area contributed by atoms with Crippen molar-refractivity contribution in [3.8, 4) is 11.5 Å². The van der Waals surface area contributed by atoms with Gasteiger partial charge < -0.3 is 19.0 Å². The third-order valence-corrected chi connectivity index (χ3v) is 6.39. The Morgan fingerprint density at radius 1 is 1.15 bits per heavy atom. The number of aryl methyl sites for hydroxylation is 1. The second-order valence-corrected chi connectivity index (χ2v) is 9.02. The molecule has 1 aromatic heterocycles. The summed E-state index contributed by atoms with van der Waals surface area (Å²) in [4.78, 5) is 16.1. The Morgan fingerprint density at radius 2 is 1.91 bits per heavy atom. The van der Waals surface area contributed by atoms with Gasteiger partial charge in [-0.25, -0.2) is 9.78 Å². The summed E-state index contributed by atoms with van der Waals surface area (Å²) in [6, 6.07) is 15.6. The molecule has 34 heavy (non-hydrogen) atoms. The van der Waals surface area contributed by atoms with E-state index in [0.717, 1.165) is 47.1 Å². The zero-order chi connectivity index (χ0) is 23.9. The second kappa shape index (κ2) is 11.2. The molecule has 1 unspecified atom stereocenters. The highest BCUT2D eigenvalue weighted by molar-refractivity contribution is 5.72. The topological polar surface area (TPSA) is 81.8 Å². The number of aliphatic carboxylic acids is 1. The normalized spacial score (nSPS) is 15.1. The van der Waals surface area contributed by atoms with Crippen molar-refractivity contribution in [1.29, 1.82) is 0 Å². The van der Waals surface area contributed by atoms with Gasteiger partial charge in [-0.3, -0.25) is 0 Å². The van der Waals surface area contributed by atoms with Crippen LogP contribution in [-0.2, 0) is 17.6 Å². The van der Waals surface area contributed by atoms with Crippen LogP contribution >= 0.6 is 0 Å². The summed E-state index contributed by atoms with van der Waals surface area (Å²) >= 11 is 0. The van der Waals surface area contributed by atoms with Gasteiger partial charge in [-0.2, -0.15) is 0 Å². The molecule has 1 fully saturated rings. The van der Waals surface area contributed by atoms with Gasteiger partial charge in [0.15, 0.2) is 12.0 Å². The van der Waals surface area contributed by atoms with Crippen LogP contribution in [0.5, 0.6) is 11.5 Å². The Labute approximate surface area is 200 Å². The molecule has 1 saturated carbocycles. The monoisotopic (exact) mass is 463 g/mol. The molecule has 6 nitrogen and oxygen atoms in total. The van der Waals surface area contributed by atoms with E-state index in [1.807, 2.05) is 49.4 Å². The van der Waals surface area contributed by atoms with E-state index in [1.165, 1.54) is 26.2 Å². The van der Waals surface area contributed by atoms with Crippen molar-refractivity contribution in [1.82, 2.24) is 4.98 Å². The number of carboxylic acids is 1. The summed E-state index contributed by atoms with van der Waals surface area (Å²) in [5.74, 6) is 2.47. The molecular formula is C28H33NO5. The van der Waals surface area contributed by atoms with Gasteiger partial charge in [0.2, 0.25) is 0 Å². The van der Waals surface area contributed by atoms with Crippen LogP contribution in [0.3, 0.4) is 0 Å². The van der Waals surface area contributed by atoms with Crippen LogP contribution < -0.4 is 9.47 Å². The molecule has 1 heterocycles. The maximum Gasteiger partial charge on any atom is 0.344 e. The van der Waals surface area contributed by atoms with Gasteiger partial charge >= 0.3 is 5.97 Å². The van der Waals surface area contributed by atoms with Gasteiger partial charge in [-0.1, -0.05) is 49.6 Å². The minimum Gasteiger partial charge on any atom is -0.493 e. The van der Waals surface area contributed by atoms with Crippen molar-refractivity contribution in [2.45, 2.75) is 70.8 Å². The first kappa shape index (κ1) is 23.9. The van der Waals surface area contributed by atoms with E-state index < -0.39 is 12.1 Å². The second-order valence-electron chi connectivity index (χ2n) is 9.02. The van der Waals surface area contributed by atoms with Crippen molar-refractivity contribution < 1.29 is 23.8 Å². The number of benzene rings is 2. The highest BCUT2D eigenvalue weighted by Gasteiger charge is 2.22. The maximum absolute atomic E-state index is 11.3. The fraction of sp³-hybridized carbons (Fsp3) is 0.429. The Bertz CT molecular complexity index is 1090. The number of hydrogen-bond donors (Lipinski definition) is 1. The standard InChI is InChI=1S/C28H33NO5/c1-19-25(29-27(34-19)22-11-7-4-8-12-22)15-16-32-24-13-14-26(33-20(2)28(30)31)23(18-24)17-21-9-5-3-6-10-21/h3,5-6,9-10,13-14,18,20,22H,4,7-8,11-12,15-17H2,1-2H3,(H,30,31). The van der Waals surface area contributed by atoms with Crippen LogP contribution in [0.4, 0.5) is 0 Å². The van der Waals surface area contributed by atoms with E-state index in [2.05, 4.69) is 0 Å². The van der Waals surface area contributed by atoms with Crippen LogP contribution in [0.15, 0.2) is 52.9 Å². The number of oxazole rings is 1. The summed E-state index contributed by atoms with van der Waals surface area (Å²) in [5.41, 5.74) is 2.95. The molecule has 1 atom stereocenters.